The van der Waals surface area contributed by atoms with Crippen LogP contribution in [0.4, 0.5) is 5.82 Å². The number of thioether (sulfide) groups is 1. The lowest BCUT2D eigenvalue weighted by Gasteiger charge is -2.08. The summed E-state index contributed by atoms with van der Waals surface area (Å²) >= 11 is 1.51. The molecular formula is C17H21N5OS. The fraction of sp³-hybridized carbons (Fsp3) is 0.353. The van der Waals surface area contributed by atoms with Crippen molar-refractivity contribution in [2.75, 3.05) is 18.5 Å². The summed E-state index contributed by atoms with van der Waals surface area (Å²) in [5.74, 6) is 0.371. The van der Waals surface area contributed by atoms with Crippen molar-refractivity contribution in [1.82, 2.24) is 15.1 Å². The van der Waals surface area contributed by atoms with Crippen LogP contribution in [-0.2, 0) is 11.2 Å². The van der Waals surface area contributed by atoms with Crippen LogP contribution in [0.1, 0.15) is 24.6 Å². The van der Waals surface area contributed by atoms with E-state index >= 15 is 0 Å². The molecule has 0 bridgehead atoms. The number of aryl methyl sites for hydroxylation is 1. The van der Waals surface area contributed by atoms with E-state index in [9.17, 15) is 10.1 Å². The third kappa shape index (κ3) is 4.09. The highest BCUT2D eigenvalue weighted by Crippen LogP contribution is 2.21. The van der Waals surface area contributed by atoms with Crippen LogP contribution >= 0.6 is 11.8 Å². The number of hydrogen-bond donors (Lipinski definition) is 2. The smallest absolute Gasteiger partial charge is 0.232 e. The van der Waals surface area contributed by atoms with Crippen molar-refractivity contribution in [3.63, 3.8) is 0 Å². The average molecular weight is 343 g/mol. The molecule has 1 atom stereocenters. The summed E-state index contributed by atoms with van der Waals surface area (Å²) in [4.78, 5) is 11.7. The molecule has 0 saturated heterocycles. The molecule has 0 aliphatic rings. The number of nitrogens with two attached hydrogens (primary N) is 1. The number of amides is 1. The van der Waals surface area contributed by atoms with Crippen molar-refractivity contribution in [2.45, 2.75) is 25.0 Å². The number of anilines is 1. The molecule has 2 rings (SSSR count). The molecule has 126 valence electrons. The van der Waals surface area contributed by atoms with E-state index in [1.165, 1.54) is 11.8 Å². The highest BCUT2D eigenvalue weighted by molar-refractivity contribution is 7.99. The van der Waals surface area contributed by atoms with E-state index in [0.29, 0.717) is 36.5 Å². The van der Waals surface area contributed by atoms with E-state index in [-0.39, 0.29) is 11.2 Å². The van der Waals surface area contributed by atoms with Gasteiger partial charge in [0, 0.05) is 6.54 Å². The van der Waals surface area contributed by atoms with Crippen molar-refractivity contribution >= 4 is 23.5 Å². The fourth-order valence-corrected chi connectivity index (χ4v) is 2.56. The Morgan fingerprint density at radius 3 is 2.79 bits per heavy atom. The fourth-order valence-electron chi connectivity index (χ4n) is 2.26. The maximum atomic E-state index is 11.7. The molecule has 0 spiro atoms. The Morgan fingerprint density at radius 2 is 2.17 bits per heavy atom. The average Bonchev–Trinajstić information content (AvgIpc) is 2.94. The largest absolute Gasteiger partial charge is 0.382 e. The molecule has 0 unspecified atom stereocenters. The van der Waals surface area contributed by atoms with E-state index in [2.05, 4.69) is 16.5 Å². The van der Waals surface area contributed by atoms with Gasteiger partial charge in [0.2, 0.25) is 5.91 Å². The quantitative estimate of drug-likeness (QED) is 0.751. The molecule has 0 aliphatic heterocycles. The summed E-state index contributed by atoms with van der Waals surface area (Å²) in [6, 6.07) is 11.6. The van der Waals surface area contributed by atoms with Gasteiger partial charge in [0.25, 0.3) is 0 Å². The van der Waals surface area contributed by atoms with E-state index in [1.54, 1.807) is 4.68 Å². The van der Waals surface area contributed by atoms with E-state index in [1.807, 2.05) is 43.5 Å². The minimum atomic E-state index is -0.0624. The van der Waals surface area contributed by atoms with Gasteiger partial charge in [0.05, 0.1) is 16.6 Å². The molecule has 2 aromatic rings. The Labute approximate surface area is 146 Å². The second-order valence-corrected chi connectivity index (χ2v) is 6.52. The molecule has 1 aromatic heterocycles. The van der Waals surface area contributed by atoms with E-state index < -0.39 is 0 Å². The number of benzene rings is 1. The van der Waals surface area contributed by atoms with Crippen LogP contribution in [0.25, 0.3) is 5.69 Å². The van der Waals surface area contributed by atoms with Crippen LogP contribution in [0.2, 0.25) is 0 Å². The van der Waals surface area contributed by atoms with Crippen molar-refractivity contribution in [2.24, 2.45) is 0 Å². The van der Waals surface area contributed by atoms with Crippen LogP contribution in [0.5, 0.6) is 0 Å². The first-order valence-corrected chi connectivity index (χ1v) is 9.00. The molecule has 1 heterocycles. The number of carbonyl (C=O) groups is 1. The van der Waals surface area contributed by atoms with Gasteiger partial charge >= 0.3 is 0 Å². The molecule has 0 radical (unpaired) electrons. The third-order valence-corrected chi connectivity index (χ3v) is 4.64. The van der Waals surface area contributed by atoms with Gasteiger partial charge in [0.1, 0.15) is 17.5 Å². The van der Waals surface area contributed by atoms with Crippen LogP contribution in [0.3, 0.4) is 0 Å². The maximum absolute atomic E-state index is 11.7. The number of nitriles is 1. The van der Waals surface area contributed by atoms with Gasteiger partial charge < -0.3 is 11.1 Å². The van der Waals surface area contributed by atoms with Crippen LogP contribution in [0, 0.1) is 11.3 Å². The number of para-hydroxylation sites is 1. The molecule has 7 heteroatoms. The minimum Gasteiger partial charge on any atom is -0.382 e. The highest BCUT2D eigenvalue weighted by Gasteiger charge is 2.16. The summed E-state index contributed by atoms with van der Waals surface area (Å²) in [5.41, 5.74) is 7.95. The van der Waals surface area contributed by atoms with Gasteiger partial charge in [-0.2, -0.15) is 22.1 Å². The molecule has 6 nitrogen and oxygen atoms in total. The second-order valence-electron chi connectivity index (χ2n) is 5.34. The molecule has 1 amide bonds. The van der Waals surface area contributed by atoms with Gasteiger partial charge in [-0.05, 0) is 38.2 Å². The molecule has 0 fully saturated rings. The lowest BCUT2D eigenvalue weighted by molar-refractivity contribution is -0.120. The molecule has 0 saturated carbocycles. The molecule has 24 heavy (non-hydrogen) atoms. The van der Waals surface area contributed by atoms with Gasteiger partial charge in [0.15, 0.2) is 0 Å². The molecule has 1 aromatic carbocycles. The Bertz CT molecular complexity index is 735. The van der Waals surface area contributed by atoms with Gasteiger partial charge in [-0.1, -0.05) is 18.2 Å². The summed E-state index contributed by atoms with van der Waals surface area (Å²) in [6.07, 6.45) is 3.19. The number of carbonyl (C=O) groups excluding carboxylic acids is 1. The third-order valence-electron chi connectivity index (χ3n) is 3.72. The number of hydrogen-bond acceptors (Lipinski definition) is 5. The van der Waals surface area contributed by atoms with Crippen LogP contribution in [0.15, 0.2) is 30.3 Å². The standard InChI is InChI=1S/C17H21N5OS/c1-12(24-2)17(23)20-10-6-9-15-14(11-18)16(19)22(21-15)13-7-4-3-5-8-13/h3-5,7-8,12H,6,9-10,19H2,1-2H3,(H,20,23)/t12-/m0/s1. The molecule has 0 aliphatic carbocycles. The monoisotopic (exact) mass is 343 g/mol. The van der Waals surface area contributed by atoms with E-state index in [4.69, 9.17) is 5.73 Å². The zero-order chi connectivity index (χ0) is 17.5. The Balaban J connectivity index is 2.04. The molecule has 3 N–H and O–H groups in total. The van der Waals surface area contributed by atoms with Crippen LogP contribution < -0.4 is 11.1 Å². The first-order chi connectivity index (χ1) is 11.6. The number of nitrogens with one attached hydrogen (secondary N) is 1. The summed E-state index contributed by atoms with van der Waals surface area (Å²) in [7, 11) is 0. The predicted octanol–water partition coefficient (Wildman–Crippen LogP) is 2.13. The van der Waals surface area contributed by atoms with Crippen molar-refractivity contribution in [1.29, 1.82) is 5.26 Å². The summed E-state index contributed by atoms with van der Waals surface area (Å²) in [6.45, 7) is 2.42. The maximum Gasteiger partial charge on any atom is 0.232 e. The number of nitrogens with zero attached hydrogens (tertiary/aromatic N) is 3. The molecular weight excluding hydrogens is 322 g/mol. The SMILES string of the molecule is CS[C@@H](C)C(=O)NCCCc1nn(-c2ccccc2)c(N)c1C#N. The lowest BCUT2D eigenvalue weighted by atomic mass is 10.1. The zero-order valence-electron chi connectivity index (χ0n) is 13.8. The highest BCUT2D eigenvalue weighted by atomic mass is 32.2. The first-order valence-electron chi connectivity index (χ1n) is 7.71. The lowest BCUT2D eigenvalue weighted by Crippen LogP contribution is -2.31. The first kappa shape index (κ1) is 17.9. The Hall–Kier alpha value is -2.46. The summed E-state index contributed by atoms with van der Waals surface area (Å²) < 4.78 is 1.59. The van der Waals surface area contributed by atoms with Crippen molar-refractivity contribution < 1.29 is 4.79 Å². The van der Waals surface area contributed by atoms with Crippen LogP contribution in [-0.4, -0.2) is 33.7 Å². The topological polar surface area (TPSA) is 96.7 Å². The van der Waals surface area contributed by atoms with Gasteiger partial charge in [-0.3, -0.25) is 4.79 Å². The van der Waals surface area contributed by atoms with Gasteiger partial charge in [-0.15, -0.1) is 0 Å². The second kappa shape index (κ2) is 8.41. The Kier molecular flexibility index (Phi) is 6.27. The van der Waals surface area contributed by atoms with Crippen molar-refractivity contribution in [3.8, 4) is 11.8 Å². The Morgan fingerprint density at radius 1 is 1.46 bits per heavy atom. The van der Waals surface area contributed by atoms with E-state index in [0.717, 1.165) is 5.69 Å². The summed E-state index contributed by atoms with van der Waals surface area (Å²) in [5, 5.41) is 16.6. The normalized spacial score (nSPS) is 11.7. The van der Waals surface area contributed by atoms with Crippen molar-refractivity contribution in [3.05, 3.63) is 41.6 Å². The number of rotatable bonds is 7. The zero-order valence-corrected chi connectivity index (χ0v) is 14.6. The number of nitrogen functional groups attached to an aromatic ring is 1. The minimum absolute atomic E-state index is 0.0253. The number of aromatic nitrogens is 2. The predicted molar refractivity (Wildman–Crippen MR) is 97.0 cm³/mol. The van der Waals surface area contributed by atoms with Gasteiger partial charge in [-0.25, -0.2) is 4.68 Å².